The van der Waals surface area contributed by atoms with E-state index in [1.54, 1.807) is 36.4 Å². The maximum atomic E-state index is 11.8. The number of hydrogen-bond donors (Lipinski definition) is 3. The molecule has 0 atom stereocenters. The smallest absolute Gasteiger partial charge is 0.219 e. The van der Waals surface area contributed by atoms with Gasteiger partial charge in [0.2, 0.25) is 5.91 Å². The molecule has 146 valence electrons. The number of nitriles is 1. The molecule has 0 bridgehead atoms. The molecular formula is C20H25N7O. The number of carbonyl (C=O) groups is 1. The first kappa shape index (κ1) is 20.7. The number of nitrogens with zero attached hydrogens (tertiary/aromatic N) is 4. The first-order valence-electron chi connectivity index (χ1n) is 8.84. The van der Waals surface area contributed by atoms with E-state index in [0.29, 0.717) is 41.9 Å². The van der Waals surface area contributed by atoms with Gasteiger partial charge in [0.05, 0.1) is 17.8 Å². The van der Waals surface area contributed by atoms with Crippen LogP contribution in [0.15, 0.2) is 45.7 Å². The van der Waals surface area contributed by atoms with Gasteiger partial charge in [-0.2, -0.15) is 5.26 Å². The number of allylic oxidation sites excluding steroid dienone is 1. The standard InChI is InChI=1S/C20H25N7O/c1-13(28)27-8-7-18(25-3)17(12-27)20(23)26-19-6-4-5-15(16(19)10-22)14(9-21)11-24-2/h4-6,9,11,25H,7-8,12,21H2,1-3H3,(H2,23,26)/b14-9+,24-11?. The molecule has 5 N–H and O–H groups in total. The largest absolute Gasteiger partial charge is 0.404 e. The highest BCUT2D eigenvalue weighted by Gasteiger charge is 2.23. The molecule has 0 aromatic heterocycles. The summed E-state index contributed by atoms with van der Waals surface area (Å²) in [7, 11) is 3.45. The SMILES string of the molecule is CN=C/C(=C\N)c1cccc(N=C(N)C2=C(NC)CCN(C(C)=O)C2)c1C#N. The second kappa shape index (κ2) is 9.37. The molecule has 1 aromatic rings. The Labute approximate surface area is 164 Å². The lowest BCUT2D eigenvalue weighted by Gasteiger charge is -2.29. The van der Waals surface area contributed by atoms with Gasteiger partial charge in [-0.15, -0.1) is 0 Å². The van der Waals surface area contributed by atoms with Gasteiger partial charge in [-0.25, -0.2) is 4.99 Å². The van der Waals surface area contributed by atoms with Gasteiger partial charge in [0.15, 0.2) is 0 Å². The van der Waals surface area contributed by atoms with Crippen LogP contribution >= 0.6 is 0 Å². The lowest BCUT2D eigenvalue weighted by molar-refractivity contribution is -0.128. The van der Waals surface area contributed by atoms with Crippen molar-refractivity contribution in [3.05, 3.63) is 46.8 Å². The summed E-state index contributed by atoms with van der Waals surface area (Å²) in [6.07, 6.45) is 3.65. The third-order valence-electron chi connectivity index (χ3n) is 4.56. The van der Waals surface area contributed by atoms with E-state index in [9.17, 15) is 10.1 Å². The van der Waals surface area contributed by atoms with E-state index in [-0.39, 0.29) is 11.7 Å². The van der Waals surface area contributed by atoms with E-state index < -0.39 is 0 Å². The van der Waals surface area contributed by atoms with Crippen molar-refractivity contribution in [1.82, 2.24) is 10.2 Å². The summed E-state index contributed by atoms with van der Waals surface area (Å²) < 4.78 is 0. The summed E-state index contributed by atoms with van der Waals surface area (Å²) in [6, 6.07) is 7.47. The number of amidine groups is 1. The minimum absolute atomic E-state index is 0.0169. The third-order valence-corrected chi connectivity index (χ3v) is 4.56. The zero-order chi connectivity index (χ0) is 20.7. The van der Waals surface area contributed by atoms with Gasteiger partial charge >= 0.3 is 0 Å². The van der Waals surface area contributed by atoms with Gasteiger partial charge in [0, 0.05) is 68.8 Å². The maximum Gasteiger partial charge on any atom is 0.219 e. The summed E-state index contributed by atoms with van der Waals surface area (Å²) in [4.78, 5) is 22.0. The summed E-state index contributed by atoms with van der Waals surface area (Å²) in [6.45, 7) is 2.53. The van der Waals surface area contributed by atoms with Gasteiger partial charge in [-0.3, -0.25) is 9.79 Å². The predicted molar refractivity (Wildman–Crippen MR) is 112 cm³/mol. The first-order chi connectivity index (χ1) is 13.5. The van der Waals surface area contributed by atoms with Crippen LogP contribution in [0.1, 0.15) is 24.5 Å². The monoisotopic (exact) mass is 379 g/mol. The van der Waals surface area contributed by atoms with Gasteiger partial charge in [-0.1, -0.05) is 12.1 Å². The van der Waals surface area contributed by atoms with Crippen molar-refractivity contribution in [2.45, 2.75) is 13.3 Å². The second-order valence-corrected chi connectivity index (χ2v) is 6.22. The molecule has 1 aliphatic heterocycles. The third kappa shape index (κ3) is 4.38. The molecular weight excluding hydrogens is 354 g/mol. The number of rotatable bonds is 5. The molecule has 0 fully saturated rings. The molecule has 1 aromatic carbocycles. The highest BCUT2D eigenvalue weighted by Crippen LogP contribution is 2.27. The summed E-state index contributed by atoms with van der Waals surface area (Å²) in [5.41, 5.74) is 15.7. The van der Waals surface area contributed by atoms with Crippen LogP contribution in [0, 0.1) is 11.3 Å². The Hall–Kier alpha value is -3.60. The molecule has 1 heterocycles. The summed E-state index contributed by atoms with van der Waals surface area (Å²) >= 11 is 0. The van der Waals surface area contributed by atoms with Crippen molar-refractivity contribution in [1.29, 1.82) is 5.26 Å². The van der Waals surface area contributed by atoms with E-state index >= 15 is 0 Å². The second-order valence-electron chi connectivity index (χ2n) is 6.22. The predicted octanol–water partition coefficient (Wildman–Crippen LogP) is 1.27. The Kier molecular flexibility index (Phi) is 6.93. The van der Waals surface area contributed by atoms with Crippen molar-refractivity contribution in [2.24, 2.45) is 21.5 Å². The zero-order valence-electron chi connectivity index (χ0n) is 16.4. The Morgan fingerprint density at radius 3 is 2.75 bits per heavy atom. The van der Waals surface area contributed by atoms with E-state index in [0.717, 1.165) is 11.3 Å². The first-order valence-corrected chi connectivity index (χ1v) is 8.84. The topological polar surface area (TPSA) is 133 Å². The van der Waals surface area contributed by atoms with Crippen molar-refractivity contribution in [3.63, 3.8) is 0 Å². The van der Waals surface area contributed by atoms with Gasteiger partial charge in [-0.05, 0) is 6.07 Å². The minimum Gasteiger partial charge on any atom is -0.404 e. The summed E-state index contributed by atoms with van der Waals surface area (Å²) in [5, 5.41) is 12.8. The Morgan fingerprint density at radius 2 is 2.18 bits per heavy atom. The average molecular weight is 379 g/mol. The van der Waals surface area contributed by atoms with Crippen molar-refractivity contribution in [2.75, 3.05) is 27.2 Å². The molecule has 28 heavy (non-hydrogen) atoms. The van der Waals surface area contributed by atoms with Gasteiger partial charge in [0.1, 0.15) is 11.9 Å². The Morgan fingerprint density at radius 1 is 1.43 bits per heavy atom. The number of hydrogen-bond acceptors (Lipinski definition) is 6. The molecule has 1 amide bonds. The highest BCUT2D eigenvalue weighted by molar-refractivity contribution is 6.11. The van der Waals surface area contributed by atoms with Crippen LogP contribution in [0.4, 0.5) is 5.69 Å². The van der Waals surface area contributed by atoms with Crippen LogP contribution in [0.2, 0.25) is 0 Å². The number of amides is 1. The molecule has 8 nitrogen and oxygen atoms in total. The van der Waals surface area contributed by atoms with Crippen molar-refractivity contribution in [3.8, 4) is 6.07 Å². The summed E-state index contributed by atoms with van der Waals surface area (Å²) in [5.74, 6) is 0.253. The molecule has 0 aliphatic carbocycles. The van der Waals surface area contributed by atoms with E-state index in [1.165, 1.54) is 13.1 Å². The fraction of sp³-hybridized carbons (Fsp3) is 0.300. The number of benzene rings is 1. The lowest BCUT2D eigenvalue weighted by Crippen LogP contribution is -2.40. The van der Waals surface area contributed by atoms with Gasteiger partial charge < -0.3 is 21.7 Å². The van der Waals surface area contributed by atoms with Crippen LogP contribution in [-0.2, 0) is 4.79 Å². The van der Waals surface area contributed by atoms with Crippen LogP contribution < -0.4 is 16.8 Å². The zero-order valence-corrected chi connectivity index (χ0v) is 16.4. The van der Waals surface area contributed by atoms with Crippen molar-refractivity contribution < 1.29 is 4.79 Å². The van der Waals surface area contributed by atoms with Crippen LogP contribution in [-0.4, -0.2) is 50.0 Å². The Balaban J connectivity index is 2.53. The Bertz CT molecular complexity index is 919. The van der Waals surface area contributed by atoms with Crippen LogP contribution in [0.3, 0.4) is 0 Å². The molecule has 2 rings (SSSR count). The average Bonchev–Trinajstić information content (AvgIpc) is 2.71. The fourth-order valence-corrected chi connectivity index (χ4v) is 3.07. The number of carbonyl (C=O) groups excluding carboxylic acids is 1. The molecule has 1 aliphatic rings. The minimum atomic E-state index is -0.0169. The molecule has 0 unspecified atom stereocenters. The van der Waals surface area contributed by atoms with Crippen LogP contribution in [0.25, 0.3) is 5.57 Å². The van der Waals surface area contributed by atoms with Gasteiger partial charge in [0.25, 0.3) is 0 Å². The molecule has 8 heteroatoms. The molecule has 0 spiro atoms. The number of nitrogens with two attached hydrogens (primary N) is 2. The van der Waals surface area contributed by atoms with E-state index in [1.807, 2.05) is 7.05 Å². The molecule has 0 saturated carbocycles. The van der Waals surface area contributed by atoms with E-state index in [4.69, 9.17) is 11.5 Å². The normalized spacial score (nSPS) is 15.7. The fourth-order valence-electron chi connectivity index (χ4n) is 3.07. The number of aliphatic imine (C=N–C) groups is 2. The van der Waals surface area contributed by atoms with E-state index in [2.05, 4.69) is 21.4 Å². The van der Waals surface area contributed by atoms with Crippen LogP contribution in [0.5, 0.6) is 0 Å². The molecule has 0 saturated heterocycles. The maximum absolute atomic E-state index is 11.8. The lowest BCUT2D eigenvalue weighted by atomic mass is 10.00. The van der Waals surface area contributed by atoms with Crippen molar-refractivity contribution >= 4 is 29.2 Å². The number of nitrogens with one attached hydrogen (secondary N) is 1. The quantitative estimate of drug-likeness (QED) is 0.523. The highest BCUT2D eigenvalue weighted by atomic mass is 16.2. The molecule has 0 radical (unpaired) electrons.